The van der Waals surface area contributed by atoms with Gasteiger partial charge in [0.1, 0.15) is 0 Å². The van der Waals surface area contributed by atoms with Crippen LogP contribution in [0.25, 0.3) is 11.5 Å². The lowest BCUT2D eigenvalue weighted by atomic mass is 10.3. The highest BCUT2D eigenvalue weighted by Gasteiger charge is 2.21. The van der Waals surface area contributed by atoms with Gasteiger partial charge in [-0.05, 0) is 30.7 Å². The zero-order valence-electron chi connectivity index (χ0n) is 8.40. The van der Waals surface area contributed by atoms with Crippen molar-refractivity contribution in [3.63, 3.8) is 0 Å². The van der Waals surface area contributed by atoms with E-state index in [2.05, 4.69) is 4.98 Å². The van der Waals surface area contributed by atoms with Crippen LogP contribution in [0, 0.1) is 0 Å². The molecule has 0 saturated heterocycles. The number of rotatable bonds is 3. The van der Waals surface area contributed by atoms with Gasteiger partial charge in [0, 0.05) is 0 Å². The van der Waals surface area contributed by atoms with E-state index < -0.39 is 5.97 Å². The van der Waals surface area contributed by atoms with Gasteiger partial charge in [-0.25, -0.2) is 9.78 Å². The second kappa shape index (κ2) is 4.40. The van der Waals surface area contributed by atoms with Crippen molar-refractivity contribution in [1.82, 2.24) is 4.98 Å². The molecule has 0 fully saturated rings. The van der Waals surface area contributed by atoms with E-state index in [0.717, 1.165) is 6.39 Å². The molecule has 2 heterocycles. The Labute approximate surface area is 96.0 Å². The van der Waals surface area contributed by atoms with Gasteiger partial charge in [0.25, 0.3) is 0 Å². The van der Waals surface area contributed by atoms with Crippen molar-refractivity contribution in [3.8, 4) is 11.5 Å². The van der Waals surface area contributed by atoms with Crippen LogP contribution >= 0.6 is 11.6 Å². The van der Waals surface area contributed by atoms with Gasteiger partial charge in [-0.15, -0.1) is 0 Å². The molecule has 0 bridgehead atoms. The zero-order valence-corrected chi connectivity index (χ0v) is 9.15. The van der Waals surface area contributed by atoms with Gasteiger partial charge in [0.2, 0.25) is 5.76 Å². The average molecular weight is 242 g/mol. The topological polar surface area (TPSA) is 65.5 Å². The SMILES string of the molecule is CCOC(=O)c1ncoc1-c1ccc(Cl)o1. The molecule has 0 aliphatic rings. The minimum Gasteiger partial charge on any atom is -0.461 e. The van der Waals surface area contributed by atoms with Gasteiger partial charge in [-0.1, -0.05) is 0 Å². The largest absolute Gasteiger partial charge is 0.461 e. The number of halogens is 1. The second-order valence-corrected chi connectivity index (χ2v) is 3.23. The number of oxazole rings is 1. The molecule has 5 nitrogen and oxygen atoms in total. The number of esters is 1. The first-order chi connectivity index (χ1) is 7.72. The predicted molar refractivity (Wildman–Crippen MR) is 55.2 cm³/mol. The van der Waals surface area contributed by atoms with Crippen LogP contribution in [0.2, 0.25) is 5.22 Å². The summed E-state index contributed by atoms with van der Waals surface area (Å²) >= 11 is 5.63. The van der Waals surface area contributed by atoms with Gasteiger partial charge >= 0.3 is 5.97 Å². The molecule has 0 amide bonds. The van der Waals surface area contributed by atoms with E-state index in [1.54, 1.807) is 19.1 Å². The molecule has 0 radical (unpaired) electrons. The van der Waals surface area contributed by atoms with Crippen molar-refractivity contribution in [2.24, 2.45) is 0 Å². The third-order valence-corrected chi connectivity index (χ3v) is 2.04. The number of carbonyl (C=O) groups is 1. The Balaban J connectivity index is 2.36. The third kappa shape index (κ3) is 1.94. The summed E-state index contributed by atoms with van der Waals surface area (Å²) in [4.78, 5) is 15.3. The predicted octanol–water partition coefficient (Wildman–Crippen LogP) is 2.76. The van der Waals surface area contributed by atoms with Crippen LogP contribution in [-0.2, 0) is 4.74 Å². The molecule has 0 aliphatic heterocycles. The summed E-state index contributed by atoms with van der Waals surface area (Å²) in [5.41, 5.74) is 0.0767. The Morgan fingerprint density at radius 1 is 1.56 bits per heavy atom. The smallest absolute Gasteiger partial charge is 0.361 e. The molecule has 0 atom stereocenters. The van der Waals surface area contributed by atoms with Crippen LogP contribution in [0.3, 0.4) is 0 Å². The lowest BCUT2D eigenvalue weighted by Gasteiger charge is -1.98. The number of ether oxygens (including phenoxy) is 1. The fraction of sp³-hybridized carbons (Fsp3) is 0.200. The van der Waals surface area contributed by atoms with Crippen LogP contribution in [-0.4, -0.2) is 17.6 Å². The Morgan fingerprint density at radius 3 is 3.00 bits per heavy atom. The van der Waals surface area contributed by atoms with E-state index in [9.17, 15) is 4.79 Å². The molecular formula is C10H8ClNO4. The maximum atomic E-state index is 11.5. The summed E-state index contributed by atoms with van der Waals surface area (Å²) in [5.74, 6) is -0.00493. The van der Waals surface area contributed by atoms with Crippen molar-refractivity contribution in [2.45, 2.75) is 6.92 Å². The number of carbonyl (C=O) groups excluding carboxylic acids is 1. The summed E-state index contributed by atoms with van der Waals surface area (Å²) < 4.78 is 15.0. The first kappa shape index (κ1) is 10.8. The van der Waals surface area contributed by atoms with Crippen molar-refractivity contribution < 1.29 is 18.4 Å². The summed E-state index contributed by atoms with van der Waals surface area (Å²) in [7, 11) is 0. The third-order valence-electron chi connectivity index (χ3n) is 1.83. The molecule has 0 aromatic carbocycles. The van der Waals surface area contributed by atoms with Crippen molar-refractivity contribution in [3.05, 3.63) is 29.4 Å². The minimum absolute atomic E-state index is 0.0767. The second-order valence-electron chi connectivity index (χ2n) is 2.85. The molecule has 2 aromatic rings. The molecule has 0 N–H and O–H groups in total. The van der Waals surface area contributed by atoms with E-state index in [-0.39, 0.29) is 23.3 Å². The van der Waals surface area contributed by atoms with Crippen LogP contribution in [0.5, 0.6) is 0 Å². The van der Waals surface area contributed by atoms with Crippen LogP contribution in [0.4, 0.5) is 0 Å². The van der Waals surface area contributed by atoms with Crippen LogP contribution in [0.15, 0.2) is 27.4 Å². The highest BCUT2D eigenvalue weighted by molar-refractivity contribution is 6.29. The Kier molecular flexibility index (Phi) is 2.96. The van der Waals surface area contributed by atoms with Gasteiger partial charge in [0.15, 0.2) is 23.1 Å². The standard InChI is InChI=1S/C10H8ClNO4/c1-2-14-10(13)8-9(15-5-12-8)6-3-4-7(11)16-6/h3-5H,2H2,1H3. The number of nitrogens with zero attached hydrogens (tertiary/aromatic N) is 1. The van der Waals surface area contributed by atoms with E-state index in [4.69, 9.17) is 25.2 Å². The maximum Gasteiger partial charge on any atom is 0.361 e. The molecule has 2 aromatic heterocycles. The highest BCUT2D eigenvalue weighted by Crippen LogP contribution is 2.27. The van der Waals surface area contributed by atoms with Crippen LogP contribution < -0.4 is 0 Å². The molecular weight excluding hydrogens is 234 g/mol. The summed E-state index contributed by atoms with van der Waals surface area (Å²) in [6.45, 7) is 1.98. The van der Waals surface area contributed by atoms with Gasteiger partial charge in [0.05, 0.1) is 6.61 Å². The fourth-order valence-corrected chi connectivity index (χ4v) is 1.35. The first-order valence-electron chi connectivity index (χ1n) is 4.58. The van der Waals surface area contributed by atoms with Gasteiger partial charge < -0.3 is 13.6 Å². The van der Waals surface area contributed by atoms with Crippen molar-refractivity contribution in [2.75, 3.05) is 6.61 Å². The highest BCUT2D eigenvalue weighted by atomic mass is 35.5. The molecule has 2 rings (SSSR count). The molecule has 0 aliphatic carbocycles. The number of hydrogen-bond donors (Lipinski definition) is 0. The van der Waals surface area contributed by atoms with Gasteiger partial charge in [-0.3, -0.25) is 0 Å². The summed E-state index contributed by atoms with van der Waals surface area (Å²) in [5, 5.41) is 0.209. The number of furan rings is 1. The maximum absolute atomic E-state index is 11.5. The molecule has 84 valence electrons. The monoisotopic (exact) mass is 241 g/mol. The average Bonchev–Trinajstić information content (AvgIpc) is 2.85. The Bertz CT molecular complexity index is 502. The minimum atomic E-state index is -0.557. The van der Waals surface area contributed by atoms with Crippen LogP contribution in [0.1, 0.15) is 17.4 Å². The molecule has 0 saturated carbocycles. The van der Waals surface area contributed by atoms with E-state index in [1.165, 1.54) is 0 Å². The quantitative estimate of drug-likeness (QED) is 0.773. The number of aromatic nitrogens is 1. The van der Waals surface area contributed by atoms with Gasteiger partial charge in [-0.2, -0.15) is 0 Å². The molecule has 0 spiro atoms. The van der Waals surface area contributed by atoms with Crippen molar-refractivity contribution >= 4 is 17.6 Å². The molecule has 16 heavy (non-hydrogen) atoms. The Morgan fingerprint density at radius 2 is 2.38 bits per heavy atom. The van der Waals surface area contributed by atoms with E-state index in [1.807, 2.05) is 0 Å². The fourth-order valence-electron chi connectivity index (χ4n) is 1.20. The lowest BCUT2D eigenvalue weighted by molar-refractivity contribution is 0.0520. The summed E-state index contributed by atoms with van der Waals surface area (Å²) in [6, 6.07) is 3.14. The summed E-state index contributed by atoms with van der Waals surface area (Å²) in [6.07, 6.45) is 1.15. The Hall–Kier alpha value is -1.75. The zero-order chi connectivity index (χ0) is 11.5. The molecule has 0 unspecified atom stereocenters. The normalized spacial score (nSPS) is 10.4. The van der Waals surface area contributed by atoms with E-state index >= 15 is 0 Å². The first-order valence-corrected chi connectivity index (χ1v) is 4.96. The number of hydrogen-bond acceptors (Lipinski definition) is 5. The molecule has 6 heteroatoms. The lowest BCUT2D eigenvalue weighted by Crippen LogP contribution is -2.06. The van der Waals surface area contributed by atoms with Crippen molar-refractivity contribution in [1.29, 1.82) is 0 Å². The van der Waals surface area contributed by atoms with E-state index in [0.29, 0.717) is 5.76 Å².